The van der Waals surface area contributed by atoms with Crippen molar-refractivity contribution in [3.8, 4) is 33.4 Å². The van der Waals surface area contributed by atoms with E-state index < -0.39 is 0 Å². The van der Waals surface area contributed by atoms with Gasteiger partial charge in [-0.1, -0.05) is 30.3 Å². The first-order chi connectivity index (χ1) is 11.7. The van der Waals surface area contributed by atoms with Crippen LogP contribution in [0.1, 0.15) is 0 Å². The van der Waals surface area contributed by atoms with Gasteiger partial charge in [-0.2, -0.15) is 0 Å². The van der Waals surface area contributed by atoms with Crippen molar-refractivity contribution in [2.75, 3.05) is 0 Å². The number of aromatic nitrogens is 2. The molecule has 2 heterocycles. The van der Waals surface area contributed by atoms with Gasteiger partial charge < -0.3 is 48.0 Å². The molecule has 0 atom stereocenters. The van der Waals surface area contributed by atoms with E-state index in [-0.39, 0.29) is 48.0 Å². The van der Waals surface area contributed by atoms with E-state index >= 15 is 0 Å². The molecule has 4 rings (SSSR count). The Morgan fingerprint density at radius 2 is 0.885 bits per heavy atom. The molecule has 132 valence electrons. The van der Waals surface area contributed by atoms with Crippen LogP contribution in [0.3, 0.4) is 0 Å². The SMILES string of the molecule is C[n+]1ccc(-c2cc(-c3cc[n+](C)cc3)c3cccccc2-3)cc1.[I-].[I-]. The van der Waals surface area contributed by atoms with E-state index in [1.165, 1.54) is 33.4 Å². The lowest BCUT2D eigenvalue weighted by Crippen LogP contribution is -3.00. The minimum Gasteiger partial charge on any atom is -1.00 e. The van der Waals surface area contributed by atoms with Gasteiger partial charge in [0.15, 0.2) is 24.8 Å². The number of fused-ring (bicyclic) bond motifs is 1. The van der Waals surface area contributed by atoms with Crippen LogP contribution in [0.15, 0.2) is 85.5 Å². The van der Waals surface area contributed by atoms with Crippen LogP contribution >= 0.6 is 0 Å². The highest BCUT2D eigenvalue weighted by Crippen LogP contribution is 2.42. The Morgan fingerprint density at radius 1 is 0.500 bits per heavy atom. The molecule has 2 aliphatic carbocycles. The van der Waals surface area contributed by atoms with E-state index in [1.54, 1.807) is 0 Å². The third kappa shape index (κ3) is 4.06. The molecule has 0 N–H and O–H groups in total. The van der Waals surface area contributed by atoms with Crippen LogP contribution in [0.5, 0.6) is 0 Å². The highest BCUT2D eigenvalue weighted by molar-refractivity contribution is 5.97. The number of halogens is 2. The van der Waals surface area contributed by atoms with Crippen molar-refractivity contribution in [2.45, 2.75) is 0 Å². The Bertz CT molecular complexity index is 887. The highest BCUT2D eigenvalue weighted by Gasteiger charge is 2.18. The fraction of sp³-hybridized carbons (Fsp3) is 0.0909. The summed E-state index contributed by atoms with van der Waals surface area (Å²) in [5.74, 6) is 0. The maximum absolute atomic E-state index is 2.31. The maximum atomic E-state index is 2.31. The molecule has 0 saturated heterocycles. The largest absolute Gasteiger partial charge is 1.00 e. The molecule has 2 aromatic rings. The Kier molecular flexibility index (Phi) is 7.11. The first kappa shape index (κ1) is 20.8. The number of nitrogens with zero attached hydrogens (tertiary/aromatic N) is 2. The fourth-order valence-corrected chi connectivity index (χ4v) is 3.16. The number of hydrogen-bond acceptors (Lipinski definition) is 0. The van der Waals surface area contributed by atoms with Gasteiger partial charge in [0.05, 0.1) is 0 Å². The molecule has 0 unspecified atom stereocenters. The topological polar surface area (TPSA) is 7.76 Å². The van der Waals surface area contributed by atoms with Crippen molar-refractivity contribution in [1.29, 1.82) is 0 Å². The number of pyridine rings is 2. The van der Waals surface area contributed by atoms with Crippen molar-refractivity contribution in [2.24, 2.45) is 14.1 Å². The number of aryl methyl sites for hydroxylation is 2. The molecule has 0 aromatic carbocycles. The maximum Gasteiger partial charge on any atom is 0.169 e. The van der Waals surface area contributed by atoms with Gasteiger partial charge in [-0.15, -0.1) is 0 Å². The normalized spacial score (nSPS) is 10.1. The van der Waals surface area contributed by atoms with Crippen molar-refractivity contribution >= 4 is 0 Å². The average molecular weight is 566 g/mol. The third-order valence-electron chi connectivity index (χ3n) is 4.49. The summed E-state index contributed by atoms with van der Waals surface area (Å²) in [6, 6.07) is 21.8. The van der Waals surface area contributed by atoms with Crippen LogP contribution in [-0.2, 0) is 14.1 Å². The predicted octanol–water partition coefficient (Wildman–Crippen LogP) is -2.22. The van der Waals surface area contributed by atoms with Crippen molar-refractivity contribution in [1.82, 2.24) is 0 Å². The highest BCUT2D eigenvalue weighted by atomic mass is 127. The zero-order chi connectivity index (χ0) is 16.5. The second-order valence-corrected chi connectivity index (χ2v) is 6.21. The summed E-state index contributed by atoms with van der Waals surface area (Å²) in [6.07, 6.45) is 8.39. The second-order valence-electron chi connectivity index (χ2n) is 6.21. The third-order valence-corrected chi connectivity index (χ3v) is 4.49. The van der Waals surface area contributed by atoms with Gasteiger partial charge in [0.1, 0.15) is 14.1 Å². The number of rotatable bonds is 2. The minimum absolute atomic E-state index is 0. The van der Waals surface area contributed by atoms with Crippen LogP contribution in [0.4, 0.5) is 0 Å². The molecule has 0 spiro atoms. The van der Waals surface area contributed by atoms with Crippen molar-refractivity contribution < 1.29 is 57.1 Å². The smallest absolute Gasteiger partial charge is 0.169 e. The Balaban J connectivity index is 0.00000121. The van der Waals surface area contributed by atoms with Gasteiger partial charge >= 0.3 is 0 Å². The molecule has 2 aliphatic rings. The van der Waals surface area contributed by atoms with Gasteiger partial charge in [0.2, 0.25) is 0 Å². The molecule has 0 aliphatic heterocycles. The standard InChI is InChI=1S/C22H20N2.2HI/c1-23-12-8-17(9-13-23)21-16-22(18-10-14-24(2)15-11-18)20-7-5-3-4-6-19(20)21;;/h3-16H,1-2H3;2*1H/q+2;;/p-2. The Labute approximate surface area is 188 Å². The van der Waals surface area contributed by atoms with Gasteiger partial charge in [-0.05, 0) is 39.4 Å². The molecule has 4 heteroatoms. The lowest BCUT2D eigenvalue weighted by atomic mass is 10.0. The Hall–Kier alpha value is -1.54. The summed E-state index contributed by atoms with van der Waals surface area (Å²) >= 11 is 0. The first-order valence-corrected chi connectivity index (χ1v) is 8.15. The second kappa shape index (κ2) is 8.90. The van der Waals surface area contributed by atoms with E-state index in [1.807, 2.05) is 14.1 Å². The molecule has 0 fully saturated rings. The van der Waals surface area contributed by atoms with Gasteiger partial charge in [-0.3, -0.25) is 0 Å². The van der Waals surface area contributed by atoms with Crippen LogP contribution in [-0.4, -0.2) is 0 Å². The van der Waals surface area contributed by atoms with Crippen LogP contribution in [0, 0.1) is 0 Å². The molecule has 26 heavy (non-hydrogen) atoms. The molecular formula is C22H20I2N2. The summed E-state index contributed by atoms with van der Waals surface area (Å²) in [5.41, 5.74) is 7.64. The average Bonchev–Trinajstić information content (AvgIpc) is 2.78. The van der Waals surface area contributed by atoms with E-state index in [0.717, 1.165) is 0 Å². The van der Waals surface area contributed by atoms with E-state index in [2.05, 4.69) is 94.6 Å². The van der Waals surface area contributed by atoms with Crippen molar-refractivity contribution in [3.05, 3.63) is 85.5 Å². The summed E-state index contributed by atoms with van der Waals surface area (Å²) < 4.78 is 4.12. The Morgan fingerprint density at radius 3 is 1.27 bits per heavy atom. The summed E-state index contributed by atoms with van der Waals surface area (Å²) in [4.78, 5) is 0. The quantitative estimate of drug-likeness (QED) is 0.192. The van der Waals surface area contributed by atoms with Crippen LogP contribution < -0.4 is 57.1 Å². The zero-order valence-electron chi connectivity index (χ0n) is 14.7. The molecule has 0 radical (unpaired) electrons. The summed E-state index contributed by atoms with van der Waals surface area (Å²) in [5, 5.41) is 0. The molecule has 2 nitrogen and oxygen atoms in total. The molecule has 2 aromatic heterocycles. The van der Waals surface area contributed by atoms with E-state index in [0.29, 0.717) is 0 Å². The summed E-state index contributed by atoms with van der Waals surface area (Å²) in [6.45, 7) is 0. The van der Waals surface area contributed by atoms with E-state index in [4.69, 9.17) is 0 Å². The van der Waals surface area contributed by atoms with E-state index in [9.17, 15) is 0 Å². The lowest BCUT2D eigenvalue weighted by Gasteiger charge is -2.02. The molecule has 0 bridgehead atoms. The first-order valence-electron chi connectivity index (χ1n) is 8.15. The minimum atomic E-state index is 0. The van der Waals surface area contributed by atoms with Crippen LogP contribution in [0.25, 0.3) is 33.4 Å². The van der Waals surface area contributed by atoms with Gasteiger partial charge in [0.25, 0.3) is 0 Å². The summed E-state index contributed by atoms with van der Waals surface area (Å²) in [7, 11) is 4.09. The molecule has 0 saturated carbocycles. The zero-order valence-corrected chi connectivity index (χ0v) is 19.0. The predicted molar refractivity (Wildman–Crippen MR) is 96.3 cm³/mol. The van der Waals surface area contributed by atoms with Crippen LogP contribution in [0.2, 0.25) is 0 Å². The monoisotopic (exact) mass is 566 g/mol. The van der Waals surface area contributed by atoms with Gasteiger partial charge in [-0.25, -0.2) is 9.13 Å². The molecular weight excluding hydrogens is 546 g/mol. The van der Waals surface area contributed by atoms with Gasteiger partial charge in [0, 0.05) is 24.3 Å². The number of hydrogen-bond donors (Lipinski definition) is 0. The fourth-order valence-electron chi connectivity index (χ4n) is 3.16. The van der Waals surface area contributed by atoms with Crippen molar-refractivity contribution in [3.63, 3.8) is 0 Å². The molecule has 0 amide bonds. The lowest BCUT2D eigenvalue weighted by molar-refractivity contribution is -0.671.